The molecular weight excluding hydrogens is 416 g/mol. The fraction of sp³-hybridized carbons (Fsp3) is 0.462. The number of H-pyrrole nitrogens is 1. The lowest BCUT2D eigenvalue weighted by atomic mass is 9.83. The van der Waals surface area contributed by atoms with E-state index in [1.54, 1.807) is 24.2 Å². The molecule has 174 valence electrons. The Morgan fingerprint density at radius 2 is 2.12 bits per heavy atom. The van der Waals surface area contributed by atoms with E-state index in [1.807, 2.05) is 24.3 Å². The number of carbonyl (C=O) groups is 1. The van der Waals surface area contributed by atoms with Gasteiger partial charge in [0.25, 0.3) is 5.91 Å². The summed E-state index contributed by atoms with van der Waals surface area (Å²) in [5, 5.41) is 19.1. The predicted octanol–water partition coefficient (Wildman–Crippen LogP) is 4.07. The molecule has 0 saturated carbocycles. The fourth-order valence-electron chi connectivity index (χ4n) is 5.11. The van der Waals surface area contributed by atoms with Crippen LogP contribution in [0.15, 0.2) is 53.1 Å². The number of fused-ring (bicyclic) bond motifs is 1. The number of hydrogen-bond donors (Lipinski definition) is 2. The summed E-state index contributed by atoms with van der Waals surface area (Å²) in [6.07, 6.45) is 11.3. The molecule has 7 nitrogen and oxygen atoms in total. The zero-order chi connectivity index (χ0) is 22.8. The standard InChI is InChI=1S/C26H32N4O3/c1-29(18-22-9-12-27-28-22)25(31)24-16-20-15-21(7-8-23(20)33-24)26(32)10-13-30(14-11-26)17-19-5-3-2-4-6-19/h2-3,7-9,12,15-16,19,32H,4-6,10-11,13-14,17-18H2,1H3,(H,27,28). The van der Waals surface area contributed by atoms with Crippen molar-refractivity contribution in [1.82, 2.24) is 20.0 Å². The maximum absolute atomic E-state index is 12.8. The Morgan fingerprint density at radius 1 is 1.27 bits per heavy atom. The molecule has 3 aromatic rings. The van der Waals surface area contributed by atoms with Gasteiger partial charge in [0, 0.05) is 38.3 Å². The number of rotatable bonds is 6. The predicted molar refractivity (Wildman–Crippen MR) is 127 cm³/mol. The Morgan fingerprint density at radius 3 is 2.85 bits per heavy atom. The molecule has 1 atom stereocenters. The minimum absolute atomic E-state index is 0.188. The number of amides is 1. The monoisotopic (exact) mass is 448 g/mol. The van der Waals surface area contributed by atoms with Gasteiger partial charge in [0.2, 0.25) is 0 Å². The van der Waals surface area contributed by atoms with Crippen LogP contribution in [0.2, 0.25) is 0 Å². The molecule has 0 radical (unpaired) electrons. The third kappa shape index (κ3) is 4.75. The number of piperidine rings is 1. The number of carbonyl (C=O) groups excluding carboxylic acids is 1. The first-order valence-corrected chi connectivity index (χ1v) is 11.9. The van der Waals surface area contributed by atoms with Crippen LogP contribution in [0.5, 0.6) is 0 Å². The van der Waals surface area contributed by atoms with Crippen molar-refractivity contribution in [2.45, 2.75) is 44.2 Å². The highest BCUT2D eigenvalue weighted by molar-refractivity contribution is 5.96. The Labute approximate surface area is 194 Å². The highest BCUT2D eigenvalue weighted by atomic mass is 16.3. The third-order valence-corrected chi connectivity index (χ3v) is 7.15. The maximum atomic E-state index is 12.8. The van der Waals surface area contributed by atoms with E-state index in [9.17, 15) is 9.90 Å². The van der Waals surface area contributed by atoms with Crippen LogP contribution in [0.25, 0.3) is 11.0 Å². The molecule has 2 aliphatic rings. The van der Waals surface area contributed by atoms with Gasteiger partial charge >= 0.3 is 0 Å². The minimum atomic E-state index is -0.837. The number of benzene rings is 1. The number of hydrogen-bond acceptors (Lipinski definition) is 5. The SMILES string of the molecule is CN(Cc1ccn[nH]1)C(=O)c1cc2cc(C3(O)CCN(CC4CC=CCC4)CC3)ccc2o1. The van der Waals surface area contributed by atoms with Gasteiger partial charge in [0.15, 0.2) is 5.76 Å². The Bertz CT molecular complexity index is 1130. The first-order chi connectivity index (χ1) is 16.0. The van der Waals surface area contributed by atoms with E-state index in [2.05, 4.69) is 27.2 Å². The van der Waals surface area contributed by atoms with Crippen LogP contribution in [-0.2, 0) is 12.1 Å². The largest absolute Gasteiger partial charge is 0.451 e. The number of furan rings is 1. The third-order valence-electron chi connectivity index (χ3n) is 7.15. The molecule has 1 aliphatic heterocycles. The van der Waals surface area contributed by atoms with Crippen molar-refractivity contribution in [3.8, 4) is 0 Å². The van der Waals surface area contributed by atoms with E-state index in [1.165, 1.54) is 19.3 Å². The second kappa shape index (κ2) is 9.15. The number of nitrogens with zero attached hydrogens (tertiary/aromatic N) is 3. The summed E-state index contributed by atoms with van der Waals surface area (Å²) < 4.78 is 5.83. The molecule has 1 saturated heterocycles. The number of likely N-dealkylation sites (tertiary alicyclic amines) is 1. The molecule has 33 heavy (non-hydrogen) atoms. The molecule has 1 unspecified atom stereocenters. The molecule has 1 aliphatic carbocycles. The summed E-state index contributed by atoms with van der Waals surface area (Å²) >= 11 is 0. The summed E-state index contributed by atoms with van der Waals surface area (Å²) in [7, 11) is 1.74. The molecule has 1 aromatic carbocycles. The molecule has 7 heteroatoms. The van der Waals surface area contributed by atoms with Gasteiger partial charge in [-0.2, -0.15) is 5.10 Å². The summed E-state index contributed by atoms with van der Waals surface area (Å²) in [6.45, 7) is 3.36. The number of aliphatic hydroxyl groups is 1. The van der Waals surface area contributed by atoms with Crippen LogP contribution in [-0.4, -0.2) is 57.7 Å². The van der Waals surface area contributed by atoms with Gasteiger partial charge in [-0.05, 0) is 67.9 Å². The van der Waals surface area contributed by atoms with Crippen LogP contribution in [0.3, 0.4) is 0 Å². The Hall–Kier alpha value is -2.90. The lowest BCUT2D eigenvalue weighted by Crippen LogP contribution is -2.44. The topological polar surface area (TPSA) is 85.6 Å². The van der Waals surface area contributed by atoms with Crippen LogP contribution >= 0.6 is 0 Å². The molecule has 2 aromatic heterocycles. The van der Waals surface area contributed by atoms with E-state index in [-0.39, 0.29) is 5.91 Å². The van der Waals surface area contributed by atoms with Gasteiger partial charge in [-0.1, -0.05) is 18.2 Å². The molecule has 1 fully saturated rings. The van der Waals surface area contributed by atoms with E-state index < -0.39 is 5.60 Å². The molecule has 2 N–H and O–H groups in total. The van der Waals surface area contributed by atoms with Gasteiger partial charge in [0.05, 0.1) is 17.8 Å². The minimum Gasteiger partial charge on any atom is -0.451 e. The fourth-order valence-corrected chi connectivity index (χ4v) is 5.11. The Balaban J connectivity index is 1.25. The summed E-state index contributed by atoms with van der Waals surface area (Å²) in [4.78, 5) is 16.9. The summed E-state index contributed by atoms with van der Waals surface area (Å²) in [6, 6.07) is 9.41. The van der Waals surface area contributed by atoms with E-state index >= 15 is 0 Å². The van der Waals surface area contributed by atoms with Gasteiger partial charge < -0.3 is 19.3 Å². The average molecular weight is 449 g/mol. The lowest BCUT2D eigenvalue weighted by molar-refractivity contribution is -0.0289. The maximum Gasteiger partial charge on any atom is 0.289 e. The van der Waals surface area contributed by atoms with Gasteiger partial charge in [-0.15, -0.1) is 0 Å². The number of aromatic nitrogens is 2. The average Bonchev–Trinajstić information content (AvgIpc) is 3.50. The number of allylic oxidation sites excluding steroid dienone is 2. The van der Waals surface area contributed by atoms with Crippen molar-refractivity contribution in [2.24, 2.45) is 5.92 Å². The highest BCUT2D eigenvalue weighted by Crippen LogP contribution is 2.36. The summed E-state index contributed by atoms with van der Waals surface area (Å²) in [5.74, 6) is 0.852. The lowest BCUT2D eigenvalue weighted by Gasteiger charge is -2.40. The first-order valence-electron chi connectivity index (χ1n) is 11.9. The van der Waals surface area contributed by atoms with Gasteiger partial charge in [-0.3, -0.25) is 9.89 Å². The van der Waals surface area contributed by atoms with Crippen molar-refractivity contribution in [1.29, 1.82) is 0 Å². The van der Waals surface area contributed by atoms with E-state index in [0.29, 0.717) is 17.9 Å². The smallest absolute Gasteiger partial charge is 0.289 e. The van der Waals surface area contributed by atoms with E-state index in [0.717, 1.165) is 55.0 Å². The highest BCUT2D eigenvalue weighted by Gasteiger charge is 2.35. The zero-order valence-electron chi connectivity index (χ0n) is 19.2. The molecule has 0 bridgehead atoms. The van der Waals surface area contributed by atoms with Crippen LogP contribution < -0.4 is 0 Å². The number of aromatic amines is 1. The molecule has 0 spiro atoms. The van der Waals surface area contributed by atoms with Gasteiger partial charge in [-0.25, -0.2) is 0 Å². The van der Waals surface area contributed by atoms with Crippen molar-refractivity contribution in [3.63, 3.8) is 0 Å². The quantitative estimate of drug-likeness (QED) is 0.555. The molecule has 3 heterocycles. The zero-order valence-corrected chi connectivity index (χ0v) is 19.2. The Kier molecular flexibility index (Phi) is 6.08. The second-order valence-electron chi connectivity index (χ2n) is 9.59. The van der Waals surface area contributed by atoms with Crippen molar-refractivity contribution < 1.29 is 14.3 Å². The van der Waals surface area contributed by atoms with Gasteiger partial charge in [0.1, 0.15) is 5.58 Å². The van der Waals surface area contributed by atoms with E-state index in [4.69, 9.17) is 4.42 Å². The van der Waals surface area contributed by atoms with Crippen molar-refractivity contribution >= 4 is 16.9 Å². The van der Waals surface area contributed by atoms with Crippen LogP contribution in [0.1, 0.15) is 53.9 Å². The second-order valence-corrected chi connectivity index (χ2v) is 9.59. The molecular formula is C26H32N4O3. The molecule has 1 amide bonds. The van der Waals surface area contributed by atoms with Crippen molar-refractivity contribution in [3.05, 3.63) is 65.7 Å². The normalized spacial score (nSPS) is 20.8. The van der Waals surface area contributed by atoms with Crippen LogP contribution in [0.4, 0.5) is 0 Å². The number of nitrogens with one attached hydrogen (secondary N) is 1. The first kappa shape index (κ1) is 21.9. The van der Waals surface area contributed by atoms with Crippen LogP contribution in [0, 0.1) is 5.92 Å². The molecule has 5 rings (SSSR count). The van der Waals surface area contributed by atoms with Crippen molar-refractivity contribution in [2.75, 3.05) is 26.7 Å². The summed E-state index contributed by atoms with van der Waals surface area (Å²) in [5.41, 5.74) is 1.58.